The first-order valence-electron chi connectivity index (χ1n) is 13.6. The topological polar surface area (TPSA) is 165 Å². The highest BCUT2D eigenvalue weighted by Gasteiger charge is 2.30. The lowest BCUT2D eigenvalue weighted by molar-refractivity contribution is -0.121. The van der Waals surface area contributed by atoms with Crippen LogP contribution in [0.15, 0.2) is 78.2 Å². The quantitative estimate of drug-likeness (QED) is 0.148. The highest BCUT2D eigenvalue weighted by atomic mass is 16.2. The molecule has 41 heavy (non-hydrogen) atoms. The largest absolute Gasteiger partial charge is 0.370 e. The summed E-state index contributed by atoms with van der Waals surface area (Å²) in [5.41, 5.74) is 16.9. The first kappa shape index (κ1) is 27.7. The van der Waals surface area contributed by atoms with Crippen LogP contribution in [0.2, 0.25) is 0 Å². The van der Waals surface area contributed by atoms with E-state index in [1.54, 1.807) is 17.0 Å². The monoisotopic (exact) mass is 553 g/mol. The zero-order valence-corrected chi connectivity index (χ0v) is 22.8. The van der Waals surface area contributed by atoms with Crippen LogP contribution in [-0.2, 0) is 11.3 Å². The number of hydrogen-bond acceptors (Lipinski definition) is 7. The molecule has 11 heteroatoms. The summed E-state index contributed by atoms with van der Waals surface area (Å²) in [6.45, 7) is 7.33. The molecule has 0 aromatic heterocycles. The first-order valence-corrected chi connectivity index (χ1v) is 13.6. The number of allylic oxidation sites excluding steroid dienone is 1. The van der Waals surface area contributed by atoms with Gasteiger partial charge in [0, 0.05) is 49.7 Å². The molecule has 212 valence electrons. The standard InChI is InChI=1S/C30H35N9O2/c1-19-25(21-5-3-20(4-6-21)15-34-12-2-13-35-29(32)33)17-39-18-26(37-30(39)36-19)22-7-9-23(10-8-22)28(41)38-14-11-24(16-38)27(31)40/h3-10,17-18,24,34H,1-2,11-16H2,(H2,31,40)(H,36,37)(H4,32,33,35). The molecule has 2 aromatic carbocycles. The molecule has 8 N–H and O–H groups in total. The molecular formula is C30H35N9O2. The summed E-state index contributed by atoms with van der Waals surface area (Å²) in [5.74, 6) is -0.0578. The lowest BCUT2D eigenvalue weighted by atomic mass is 10.0. The molecule has 3 aliphatic heterocycles. The number of guanidine groups is 2. The van der Waals surface area contributed by atoms with Gasteiger partial charge >= 0.3 is 0 Å². The maximum atomic E-state index is 12.9. The molecule has 0 radical (unpaired) electrons. The number of likely N-dealkylation sites (tertiary alicyclic amines) is 1. The molecule has 3 aliphatic rings. The number of nitrogens with two attached hydrogens (primary N) is 2. The van der Waals surface area contributed by atoms with E-state index in [4.69, 9.17) is 16.9 Å². The third-order valence-corrected chi connectivity index (χ3v) is 7.34. The van der Waals surface area contributed by atoms with Gasteiger partial charge in [-0.2, -0.15) is 0 Å². The fourth-order valence-electron chi connectivity index (χ4n) is 5.01. The van der Waals surface area contributed by atoms with Crippen LogP contribution in [0.4, 0.5) is 0 Å². The number of aliphatic imine (C=N–C) groups is 1. The predicted octanol–water partition coefficient (Wildman–Crippen LogP) is 1.72. The minimum absolute atomic E-state index is 0.00485. The zero-order valence-electron chi connectivity index (χ0n) is 22.8. The average molecular weight is 554 g/mol. The summed E-state index contributed by atoms with van der Waals surface area (Å²) in [6, 6.07) is 15.7. The number of carbonyl (C=O) groups excluding carboxylic acids is 2. The number of hydrogen-bond donors (Lipinski definition) is 6. The van der Waals surface area contributed by atoms with Crippen LogP contribution in [0, 0.1) is 11.3 Å². The van der Waals surface area contributed by atoms with Crippen LogP contribution in [0.5, 0.6) is 0 Å². The number of nitrogens with zero attached hydrogens (tertiary/aromatic N) is 3. The van der Waals surface area contributed by atoms with E-state index in [0.29, 0.717) is 43.3 Å². The molecule has 1 atom stereocenters. The summed E-state index contributed by atoms with van der Waals surface area (Å²) in [4.78, 5) is 32.6. The van der Waals surface area contributed by atoms with Crippen LogP contribution in [-0.4, -0.2) is 59.7 Å². The van der Waals surface area contributed by atoms with Crippen molar-refractivity contribution in [2.24, 2.45) is 22.4 Å². The third-order valence-electron chi connectivity index (χ3n) is 7.34. The summed E-state index contributed by atoms with van der Waals surface area (Å²) in [7, 11) is 0. The molecule has 1 saturated heterocycles. The molecule has 0 spiro atoms. The first-order chi connectivity index (χ1) is 19.8. The van der Waals surface area contributed by atoms with Gasteiger partial charge in [-0.05, 0) is 48.2 Å². The van der Waals surface area contributed by atoms with Crippen molar-refractivity contribution >= 4 is 35.0 Å². The smallest absolute Gasteiger partial charge is 0.253 e. The lowest BCUT2D eigenvalue weighted by Gasteiger charge is -2.21. The van der Waals surface area contributed by atoms with E-state index in [-0.39, 0.29) is 23.7 Å². The molecule has 11 nitrogen and oxygen atoms in total. The van der Waals surface area contributed by atoms with E-state index in [0.717, 1.165) is 41.9 Å². The highest BCUT2D eigenvalue weighted by molar-refractivity contribution is 6.01. The number of carbonyl (C=O) groups is 2. The number of fused-ring (bicyclic) bond motifs is 1. The van der Waals surface area contributed by atoms with Crippen molar-refractivity contribution in [2.75, 3.05) is 26.2 Å². The Hall–Kier alpha value is -4.90. The van der Waals surface area contributed by atoms with Crippen molar-refractivity contribution < 1.29 is 9.59 Å². The minimum atomic E-state index is -0.355. The van der Waals surface area contributed by atoms with Crippen LogP contribution in [0.25, 0.3) is 11.3 Å². The Morgan fingerprint density at radius 1 is 1.05 bits per heavy atom. The Balaban J connectivity index is 1.20. The van der Waals surface area contributed by atoms with E-state index in [1.165, 1.54) is 5.56 Å². The normalized spacial score (nSPS) is 17.8. The number of primary amides is 1. The van der Waals surface area contributed by atoms with Gasteiger partial charge in [0.2, 0.25) is 11.9 Å². The van der Waals surface area contributed by atoms with Gasteiger partial charge in [0.25, 0.3) is 5.91 Å². The number of benzene rings is 2. The van der Waals surface area contributed by atoms with E-state index in [2.05, 4.69) is 51.8 Å². The molecule has 3 heterocycles. The SMILES string of the molecule is C=C1N=C2NC(c3ccc(C(=O)N4CCC(C(N)=O)C4)cc3)=CN2C=C1c1ccc(CNCCCNC(=N)N)cc1. The van der Waals surface area contributed by atoms with E-state index >= 15 is 0 Å². The number of amides is 2. The second-order valence-electron chi connectivity index (χ2n) is 10.3. The number of rotatable bonds is 10. The Kier molecular flexibility index (Phi) is 8.16. The Labute approximate surface area is 239 Å². The molecule has 1 unspecified atom stereocenters. The van der Waals surface area contributed by atoms with Crippen molar-refractivity contribution in [3.63, 3.8) is 0 Å². The summed E-state index contributed by atoms with van der Waals surface area (Å²) in [5, 5.41) is 16.7. The van der Waals surface area contributed by atoms with Gasteiger partial charge in [0.15, 0.2) is 5.96 Å². The van der Waals surface area contributed by atoms with Gasteiger partial charge in [-0.3, -0.25) is 19.9 Å². The van der Waals surface area contributed by atoms with Crippen molar-refractivity contribution in [1.82, 2.24) is 25.8 Å². The molecule has 1 fully saturated rings. The van der Waals surface area contributed by atoms with Crippen molar-refractivity contribution in [1.29, 1.82) is 5.41 Å². The van der Waals surface area contributed by atoms with Gasteiger partial charge in [-0.25, -0.2) is 4.99 Å². The molecular weight excluding hydrogens is 518 g/mol. The molecule has 2 aromatic rings. The summed E-state index contributed by atoms with van der Waals surface area (Å²) in [6.07, 6.45) is 5.47. The fraction of sp³-hybridized carbons (Fsp3) is 0.267. The Morgan fingerprint density at radius 3 is 2.46 bits per heavy atom. The summed E-state index contributed by atoms with van der Waals surface area (Å²) >= 11 is 0. The molecule has 0 saturated carbocycles. The van der Waals surface area contributed by atoms with Crippen molar-refractivity contribution in [3.05, 3.63) is 95.5 Å². The fourth-order valence-corrected chi connectivity index (χ4v) is 5.01. The van der Waals surface area contributed by atoms with Gasteiger partial charge in [0.1, 0.15) is 0 Å². The molecule has 5 rings (SSSR count). The second kappa shape index (κ2) is 12.1. The number of nitrogens with one attached hydrogen (secondary N) is 4. The van der Waals surface area contributed by atoms with E-state index in [1.807, 2.05) is 29.4 Å². The zero-order chi connectivity index (χ0) is 28.9. The van der Waals surface area contributed by atoms with Crippen LogP contribution in [0.3, 0.4) is 0 Å². The van der Waals surface area contributed by atoms with Gasteiger partial charge in [-0.1, -0.05) is 43.0 Å². The van der Waals surface area contributed by atoms with Gasteiger partial charge in [0.05, 0.1) is 17.3 Å². The second-order valence-corrected chi connectivity index (χ2v) is 10.3. The van der Waals surface area contributed by atoms with Crippen molar-refractivity contribution in [2.45, 2.75) is 19.4 Å². The average Bonchev–Trinajstić information content (AvgIpc) is 3.62. The molecule has 2 amide bonds. The van der Waals surface area contributed by atoms with Crippen LogP contribution >= 0.6 is 0 Å². The third kappa shape index (κ3) is 6.47. The van der Waals surface area contributed by atoms with Gasteiger partial charge in [-0.15, -0.1) is 0 Å². The Bertz CT molecular complexity index is 1440. The van der Waals surface area contributed by atoms with Crippen LogP contribution in [0.1, 0.15) is 39.9 Å². The van der Waals surface area contributed by atoms with Crippen molar-refractivity contribution in [3.8, 4) is 0 Å². The van der Waals surface area contributed by atoms with E-state index < -0.39 is 0 Å². The molecule has 0 bridgehead atoms. The Morgan fingerprint density at radius 2 is 1.78 bits per heavy atom. The van der Waals surface area contributed by atoms with E-state index in [9.17, 15) is 9.59 Å². The minimum Gasteiger partial charge on any atom is -0.370 e. The summed E-state index contributed by atoms with van der Waals surface area (Å²) < 4.78 is 0. The predicted molar refractivity (Wildman–Crippen MR) is 160 cm³/mol. The maximum absolute atomic E-state index is 12.9. The lowest BCUT2D eigenvalue weighted by Crippen LogP contribution is -2.32. The maximum Gasteiger partial charge on any atom is 0.253 e. The molecule has 0 aliphatic carbocycles. The van der Waals surface area contributed by atoms with Gasteiger partial charge < -0.3 is 32.3 Å². The van der Waals surface area contributed by atoms with Crippen LogP contribution < -0.4 is 27.4 Å². The highest BCUT2D eigenvalue weighted by Crippen LogP contribution is 2.31.